The van der Waals surface area contributed by atoms with Crippen LogP contribution in [0.5, 0.6) is 0 Å². The molecule has 8 heteroatoms. The summed E-state index contributed by atoms with van der Waals surface area (Å²) in [6, 6.07) is 41.1. The molecule has 0 bridgehead atoms. The molecule has 0 unspecified atom stereocenters. The summed E-state index contributed by atoms with van der Waals surface area (Å²) in [7, 11) is 0. The van der Waals surface area contributed by atoms with E-state index < -0.39 is 0 Å². The lowest BCUT2D eigenvalue weighted by molar-refractivity contribution is -0.191. The number of benzene rings is 4. The van der Waals surface area contributed by atoms with Crippen molar-refractivity contribution in [3.63, 3.8) is 0 Å². The summed E-state index contributed by atoms with van der Waals surface area (Å²) in [5.74, 6) is 0. The Labute approximate surface area is 286 Å². The highest BCUT2D eigenvalue weighted by molar-refractivity contribution is 5.20. The van der Waals surface area contributed by atoms with Gasteiger partial charge in [-0.2, -0.15) is 9.59 Å². The second kappa shape index (κ2) is 29.2. The molecular weight excluding hydrogens is 604 g/mol. The summed E-state index contributed by atoms with van der Waals surface area (Å²) in [5, 5.41) is 16.2. The van der Waals surface area contributed by atoms with Gasteiger partial charge in [0, 0.05) is 45.6 Å². The number of ether oxygens (including phenoxy) is 3. The first-order valence-electron chi connectivity index (χ1n) is 16.7. The fourth-order valence-electron chi connectivity index (χ4n) is 4.51. The van der Waals surface area contributed by atoms with Gasteiger partial charge in [-0.3, -0.25) is 0 Å². The van der Waals surface area contributed by atoms with E-state index in [1.807, 2.05) is 60.7 Å². The van der Waals surface area contributed by atoms with Crippen molar-refractivity contribution >= 4 is 6.15 Å². The van der Waals surface area contributed by atoms with Crippen LogP contribution in [0.1, 0.15) is 47.9 Å². The molecule has 1 saturated heterocycles. The largest absolute Gasteiger partial charge is 0.395 e. The third kappa shape index (κ3) is 21.7. The third-order valence-electron chi connectivity index (χ3n) is 7.13. The Bertz CT molecular complexity index is 1240. The molecule has 48 heavy (non-hydrogen) atoms. The van der Waals surface area contributed by atoms with Crippen LogP contribution in [0.15, 0.2) is 121 Å². The minimum atomic E-state index is 0.0704. The minimum Gasteiger partial charge on any atom is -0.395 e. The molecule has 1 aliphatic heterocycles. The Morgan fingerprint density at radius 2 is 1.08 bits per heavy atom. The zero-order valence-electron chi connectivity index (χ0n) is 28.0. The number of hydrogen-bond donors (Lipinski definition) is 3. The molecule has 0 amide bonds. The van der Waals surface area contributed by atoms with E-state index in [4.69, 9.17) is 23.8 Å². The molecular formula is C40H52N2O6. The Balaban J connectivity index is 0.000000272. The zero-order chi connectivity index (χ0) is 34.2. The topological polar surface area (TPSA) is 106 Å². The second-order valence-corrected chi connectivity index (χ2v) is 11.0. The molecule has 0 aliphatic carbocycles. The molecule has 4 aromatic rings. The van der Waals surface area contributed by atoms with Crippen molar-refractivity contribution in [3.05, 3.63) is 144 Å². The van der Waals surface area contributed by atoms with Gasteiger partial charge in [0.05, 0.1) is 19.8 Å². The highest BCUT2D eigenvalue weighted by Crippen LogP contribution is 2.04. The maximum absolute atomic E-state index is 9.40. The van der Waals surface area contributed by atoms with Gasteiger partial charge < -0.3 is 30.0 Å². The van der Waals surface area contributed by atoms with Gasteiger partial charge in [-0.25, -0.2) is 0 Å². The molecule has 0 spiro atoms. The molecule has 4 aromatic carbocycles. The average molecular weight is 657 g/mol. The number of nitrogens with one attached hydrogen (secondary N) is 2. The van der Waals surface area contributed by atoms with Crippen LogP contribution in [0.4, 0.5) is 0 Å². The summed E-state index contributed by atoms with van der Waals surface area (Å²) in [4.78, 5) is 16.2. The van der Waals surface area contributed by atoms with Crippen LogP contribution in [0.3, 0.4) is 0 Å². The monoisotopic (exact) mass is 656 g/mol. The molecule has 0 radical (unpaired) electrons. The maximum atomic E-state index is 9.40. The van der Waals surface area contributed by atoms with Crippen LogP contribution >= 0.6 is 0 Å². The summed E-state index contributed by atoms with van der Waals surface area (Å²) in [6.45, 7) is 7.59. The van der Waals surface area contributed by atoms with Crippen molar-refractivity contribution in [2.75, 3.05) is 39.6 Å². The van der Waals surface area contributed by atoms with Crippen LogP contribution in [0.25, 0.3) is 0 Å². The predicted octanol–water partition coefficient (Wildman–Crippen LogP) is 6.34. The van der Waals surface area contributed by atoms with Crippen LogP contribution < -0.4 is 10.6 Å². The Hall–Kier alpha value is -3.98. The van der Waals surface area contributed by atoms with Crippen LogP contribution in [-0.4, -0.2) is 56.9 Å². The normalized spacial score (nSPS) is 12.2. The lowest BCUT2D eigenvalue weighted by atomic mass is 10.2. The molecule has 0 aromatic heterocycles. The molecule has 1 atom stereocenters. The standard InChI is InChI=1S/C18H23NO2.C17H21NO.C4H8O.CO2/c20-14-18(19-13-16-7-3-1-4-8-16)11-12-21-15-17-9-5-2-6-10-17;1-3-8-16(9-4-1)14-18-12-7-13-19-15-17-10-5-2-6-11-17;1-2-4-5-3-1;2-1-3/h1-10,18-20H,11-15H2;1-6,8-11,18H,7,12-15H2;1-4H2;/t18-;;;/m0.../s1. The van der Waals surface area contributed by atoms with E-state index in [1.54, 1.807) is 0 Å². The summed E-state index contributed by atoms with van der Waals surface area (Å²) in [5.41, 5.74) is 4.96. The Kier molecular flexibility index (Phi) is 24.4. The third-order valence-corrected chi connectivity index (χ3v) is 7.13. The number of carbonyl (C=O) groups excluding carboxylic acids is 2. The maximum Gasteiger partial charge on any atom is 0.373 e. The molecule has 5 rings (SSSR count). The van der Waals surface area contributed by atoms with Crippen LogP contribution in [-0.2, 0) is 50.1 Å². The lowest BCUT2D eigenvalue weighted by Crippen LogP contribution is -2.33. The highest BCUT2D eigenvalue weighted by atomic mass is 16.5. The predicted molar refractivity (Wildman–Crippen MR) is 189 cm³/mol. The van der Waals surface area contributed by atoms with E-state index in [0.29, 0.717) is 19.8 Å². The SMILES string of the molecule is C1CCOC1.O=C=O.OC[C@H](CCOCc1ccccc1)NCc1ccccc1.c1ccc(CNCCCOCc2ccccc2)cc1. The van der Waals surface area contributed by atoms with E-state index in [-0.39, 0.29) is 18.8 Å². The van der Waals surface area contributed by atoms with Crippen molar-refractivity contribution in [1.82, 2.24) is 10.6 Å². The van der Waals surface area contributed by atoms with Gasteiger partial charge in [-0.05, 0) is 54.5 Å². The van der Waals surface area contributed by atoms with Crippen molar-refractivity contribution in [3.8, 4) is 0 Å². The van der Waals surface area contributed by atoms with Gasteiger partial charge in [-0.1, -0.05) is 121 Å². The number of hydrogen-bond acceptors (Lipinski definition) is 8. The summed E-state index contributed by atoms with van der Waals surface area (Å²) < 4.78 is 16.2. The van der Waals surface area contributed by atoms with Crippen molar-refractivity contribution in [2.24, 2.45) is 0 Å². The first kappa shape index (κ1) is 40.2. The van der Waals surface area contributed by atoms with E-state index in [0.717, 1.165) is 52.3 Å². The number of aliphatic hydroxyl groups is 1. The summed E-state index contributed by atoms with van der Waals surface area (Å²) >= 11 is 0. The quantitative estimate of drug-likeness (QED) is 0.113. The van der Waals surface area contributed by atoms with E-state index >= 15 is 0 Å². The van der Waals surface area contributed by atoms with Crippen molar-refractivity contribution in [2.45, 2.75) is 58.0 Å². The minimum absolute atomic E-state index is 0.0704. The molecule has 3 N–H and O–H groups in total. The molecule has 258 valence electrons. The fourth-order valence-corrected chi connectivity index (χ4v) is 4.51. The van der Waals surface area contributed by atoms with Crippen molar-refractivity contribution in [1.29, 1.82) is 0 Å². The molecule has 1 heterocycles. The smallest absolute Gasteiger partial charge is 0.373 e. The van der Waals surface area contributed by atoms with Crippen LogP contribution in [0, 0.1) is 0 Å². The number of aliphatic hydroxyl groups excluding tert-OH is 1. The second-order valence-electron chi connectivity index (χ2n) is 11.0. The molecule has 1 fully saturated rings. The van der Waals surface area contributed by atoms with Gasteiger partial charge in [0.1, 0.15) is 0 Å². The molecule has 8 nitrogen and oxygen atoms in total. The Morgan fingerprint density at radius 3 is 1.52 bits per heavy atom. The van der Waals surface area contributed by atoms with E-state index in [9.17, 15) is 5.11 Å². The number of rotatable bonds is 17. The van der Waals surface area contributed by atoms with E-state index in [1.165, 1.54) is 35.1 Å². The van der Waals surface area contributed by atoms with Crippen molar-refractivity contribution < 1.29 is 28.9 Å². The fraction of sp³-hybridized carbons (Fsp3) is 0.375. The Morgan fingerprint density at radius 1 is 0.646 bits per heavy atom. The highest BCUT2D eigenvalue weighted by Gasteiger charge is 2.06. The van der Waals surface area contributed by atoms with Gasteiger partial charge in [0.15, 0.2) is 0 Å². The lowest BCUT2D eigenvalue weighted by Gasteiger charge is -2.16. The summed E-state index contributed by atoms with van der Waals surface area (Å²) in [6.07, 6.45) is 4.65. The molecule has 0 saturated carbocycles. The van der Waals surface area contributed by atoms with E-state index in [2.05, 4.69) is 71.3 Å². The average Bonchev–Trinajstić information content (AvgIpc) is 3.74. The molecule has 1 aliphatic rings. The van der Waals surface area contributed by atoms with Gasteiger partial charge in [0.25, 0.3) is 0 Å². The first-order chi connectivity index (χ1) is 23.7. The zero-order valence-corrected chi connectivity index (χ0v) is 28.0. The van der Waals surface area contributed by atoms with Crippen LogP contribution in [0.2, 0.25) is 0 Å². The van der Waals surface area contributed by atoms with Gasteiger partial charge >= 0.3 is 6.15 Å². The van der Waals surface area contributed by atoms with Gasteiger partial charge in [0.2, 0.25) is 0 Å². The van der Waals surface area contributed by atoms with Gasteiger partial charge in [-0.15, -0.1) is 0 Å². The first-order valence-corrected chi connectivity index (χ1v) is 16.7.